The fraction of sp³-hybridized carbons (Fsp3) is 0.667. The Morgan fingerprint density at radius 1 is 1.04 bits per heavy atom. The van der Waals surface area contributed by atoms with Gasteiger partial charge < -0.3 is 23.7 Å². The lowest BCUT2D eigenvalue weighted by Gasteiger charge is -2.47. The van der Waals surface area contributed by atoms with Gasteiger partial charge in [-0.1, -0.05) is 6.92 Å². The Balaban J connectivity index is 2.05. The molecular weight excluding hydrogens is 310 g/mol. The van der Waals surface area contributed by atoms with Gasteiger partial charge in [0.05, 0.1) is 34.5 Å². The van der Waals surface area contributed by atoms with Crippen LogP contribution < -0.4 is 14.2 Å². The van der Waals surface area contributed by atoms with E-state index in [0.29, 0.717) is 30.5 Å². The first-order valence-electron chi connectivity index (χ1n) is 8.35. The summed E-state index contributed by atoms with van der Waals surface area (Å²) in [5.74, 6) is 1.63. The average molecular weight is 337 g/mol. The second kappa shape index (κ2) is 6.78. The molecular formula is C18H27NO5. The van der Waals surface area contributed by atoms with Crippen molar-refractivity contribution in [2.45, 2.75) is 25.2 Å². The summed E-state index contributed by atoms with van der Waals surface area (Å²) < 4.78 is 28.7. The quantitative estimate of drug-likeness (QED) is 0.841. The van der Waals surface area contributed by atoms with Crippen LogP contribution in [-0.2, 0) is 9.47 Å². The molecule has 0 N–H and O–H groups in total. The van der Waals surface area contributed by atoms with Crippen molar-refractivity contribution in [2.75, 3.05) is 48.1 Å². The minimum absolute atomic E-state index is 0.103. The van der Waals surface area contributed by atoms with Crippen molar-refractivity contribution >= 4 is 0 Å². The molecule has 134 valence electrons. The molecule has 2 saturated heterocycles. The third-order valence-corrected chi connectivity index (χ3v) is 5.28. The Hall–Kier alpha value is -1.50. The smallest absolute Gasteiger partial charge is 0.203 e. The lowest BCUT2D eigenvalue weighted by atomic mass is 9.81. The highest BCUT2D eigenvalue weighted by Gasteiger charge is 2.50. The van der Waals surface area contributed by atoms with Gasteiger partial charge in [0.15, 0.2) is 17.3 Å². The van der Waals surface area contributed by atoms with Crippen LogP contribution in [0, 0.1) is 5.92 Å². The second-order valence-electron chi connectivity index (χ2n) is 6.40. The van der Waals surface area contributed by atoms with Crippen molar-refractivity contribution in [1.82, 2.24) is 4.90 Å². The van der Waals surface area contributed by atoms with Crippen molar-refractivity contribution in [2.24, 2.45) is 5.92 Å². The normalized spacial score (nSPS) is 26.5. The second-order valence-corrected chi connectivity index (χ2v) is 6.40. The molecule has 0 unspecified atom stereocenters. The molecule has 6 heteroatoms. The van der Waals surface area contributed by atoms with Crippen molar-refractivity contribution in [3.63, 3.8) is 0 Å². The maximum Gasteiger partial charge on any atom is 0.203 e. The number of benzene rings is 1. The molecule has 24 heavy (non-hydrogen) atoms. The molecule has 6 nitrogen and oxygen atoms in total. The fourth-order valence-corrected chi connectivity index (χ4v) is 4.06. The summed E-state index contributed by atoms with van der Waals surface area (Å²) >= 11 is 0. The van der Waals surface area contributed by atoms with Crippen LogP contribution in [0.15, 0.2) is 12.1 Å². The number of likely N-dealkylation sites (tertiary alicyclic amines) is 1. The molecule has 0 bridgehead atoms. The highest BCUT2D eigenvalue weighted by atomic mass is 16.7. The summed E-state index contributed by atoms with van der Waals surface area (Å²) in [5.41, 5.74) is 1.06. The van der Waals surface area contributed by atoms with Crippen molar-refractivity contribution < 1.29 is 23.7 Å². The molecule has 2 fully saturated rings. The summed E-state index contributed by atoms with van der Waals surface area (Å²) in [6.07, 6.45) is 0.872. The number of hydrogen-bond acceptors (Lipinski definition) is 6. The standard InChI is InChI=1S/C18H27NO5/c1-12-15(19(2)9-8-18(12)23-10-11-24-18)13-6-7-14(20-3)17(22-5)16(13)21-4/h6-7,12,15H,8-11H2,1-5H3/t12-,15+/m1/s1. The third kappa shape index (κ3) is 2.62. The zero-order valence-electron chi connectivity index (χ0n) is 15.1. The van der Waals surface area contributed by atoms with Crippen LogP contribution in [-0.4, -0.2) is 58.8 Å². The van der Waals surface area contributed by atoms with Crippen LogP contribution in [0.5, 0.6) is 17.2 Å². The Morgan fingerprint density at radius 3 is 2.29 bits per heavy atom. The minimum atomic E-state index is -0.505. The summed E-state index contributed by atoms with van der Waals surface area (Å²) in [7, 11) is 7.04. The summed E-state index contributed by atoms with van der Waals surface area (Å²) in [5, 5.41) is 0. The topological polar surface area (TPSA) is 49.4 Å². The molecule has 3 rings (SSSR count). The molecule has 2 aliphatic rings. The van der Waals surface area contributed by atoms with Crippen LogP contribution in [0.1, 0.15) is 24.9 Å². The molecule has 1 aromatic carbocycles. The van der Waals surface area contributed by atoms with Gasteiger partial charge in [-0.05, 0) is 19.2 Å². The van der Waals surface area contributed by atoms with Crippen molar-refractivity contribution in [3.05, 3.63) is 17.7 Å². The zero-order valence-corrected chi connectivity index (χ0v) is 15.1. The van der Waals surface area contributed by atoms with Gasteiger partial charge in [-0.25, -0.2) is 0 Å². The lowest BCUT2D eigenvalue weighted by molar-refractivity contribution is -0.229. The third-order valence-electron chi connectivity index (χ3n) is 5.28. The molecule has 2 heterocycles. The molecule has 2 atom stereocenters. The molecule has 1 spiro atoms. The van der Waals surface area contributed by atoms with Crippen LogP contribution in [0.2, 0.25) is 0 Å². The molecule has 1 aromatic rings. The summed E-state index contributed by atoms with van der Waals surface area (Å²) in [6, 6.07) is 4.08. The zero-order chi connectivity index (χ0) is 17.3. The van der Waals surface area contributed by atoms with Gasteiger partial charge >= 0.3 is 0 Å². The number of rotatable bonds is 4. The molecule has 2 aliphatic heterocycles. The Morgan fingerprint density at radius 2 is 1.71 bits per heavy atom. The number of hydrogen-bond donors (Lipinski definition) is 0. The van der Waals surface area contributed by atoms with Gasteiger partial charge in [0.1, 0.15) is 0 Å². The fourth-order valence-electron chi connectivity index (χ4n) is 4.06. The lowest BCUT2D eigenvalue weighted by Crippen LogP contribution is -2.52. The van der Waals surface area contributed by atoms with E-state index in [1.807, 2.05) is 12.1 Å². The summed E-state index contributed by atoms with van der Waals surface area (Å²) in [6.45, 7) is 4.39. The van der Waals surface area contributed by atoms with Gasteiger partial charge in [0, 0.05) is 30.5 Å². The van der Waals surface area contributed by atoms with E-state index in [0.717, 1.165) is 18.5 Å². The van der Waals surface area contributed by atoms with E-state index in [4.69, 9.17) is 23.7 Å². The highest BCUT2D eigenvalue weighted by molar-refractivity contribution is 5.57. The maximum absolute atomic E-state index is 6.02. The molecule has 0 amide bonds. The highest BCUT2D eigenvalue weighted by Crippen LogP contribution is 2.50. The predicted octanol–water partition coefficient (Wildman–Crippen LogP) is 2.47. The maximum atomic E-state index is 6.02. The van der Waals surface area contributed by atoms with Gasteiger partial charge in [-0.3, -0.25) is 4.90 Å². The van der Waals surface area contributed by atoms with E-state index in [2.05, 4.69) is 18.9 Å². The monoisotopic (exact) mass is 337 g/mol. The van der Waals surface area contributed by atoms with Crippen molar-refractivity contribution in [1.29, 1.82) is 0 Å². The first kappa shape index (κ1) is 17.3. The Kier molecular flexibility index (Phi) is 4.90. The van der Waals surface area contributed by atoms with E-state index in [9.17, 15) is 0 Å². The van der Waals surface area contributed by atoms with Gasteiger partial charge in [0.2, 0.25) is 5.75 Å². The Bertz CT molecular complexity index is 585. The first-order valence-corrected chi connectivity index (χ1v) is 8.35. The van der Waals surface area contributed by atoms with E-state index in [1.165, 1.54) is 0 Å². The molecule has 0 radical (unpaired) electrons. The van der Waals surface area contributed by atoms with E-state index in [-0.39, 0.29) is 12.0 Å². The van der Waals surface area contributed by atoms with Gasteiger partial charge in [-0.2, -0.15) is 0 Å². The molecule has 0 aromatic heterocycles. The number of piperidine rings is 1. The van der Waals surface area contributed by atoms with Gasteiger partial charge in [-0.15, -0.1) is 0 Å². The van der Waals surface area contributed by atoms with Crippen LogP contribution in [0.4, 0.5) is 0 Å². The Labute approximate surface area is 143 Å². The van der Waals surface area contributed by atoms with Crippen LogP contribution in [0.3, 0.4) is 0 Å². The largest absolute Gasteiger partial charge is 0.493 e. The number of ether oxygens (including phenoxy) is 5. The number of nitrogens with zero attached hydrogens (tertiary/aromatic N) is 1. The van der Waals surface area contributed by atoms with E-state index in [1.54, 1.807) is 21.3 Å². The van der Waals surface area contributed by atoms with Gasteiger partial charge in [0.25, 0.3) is 0 Å². The number of methoxy groups -OCH3 is 3. The minimum Gasteiger partial charge on any atom is -0.493 e. The molecule has 0 aliphatic carbocycles. The average Bonchev–Trinajstić information content (AvgIpc) is 3.08. The summed E-state index contributed by atoms with van der Waals surface area (Å²) in [4.78, 5) is 2.32. The van der Waals surface area contributed by atoms with Crippen LogP contribution in [0.25, 0.3) is 0 Å². The van der Waals surface area contributed by atoms with E-state index < -0.39 is 5.79 Å². The van der Waals surface area contributed by atoms with E-state index >= 15 is 0 Å². The predicted molar refractivity (Wildman–Crippen MR) is 89.9 cm³/mol. The van der Waals surface area contributed by atoms with Crippen molar-refractivity contribution in [3.8, 4) is 17.2 Å². The first-order chi connectivity index (χ1) is 11.6. The molecule has 0 saturated carbocycles. The SMILES string of the molecule is COc1ccc([C@@H]2[C@@H](C)C3(CCN2C)OCCO3)c(OC)c1OC. The van der Waals surface area contributed by atoms with Crippen LogP contribution >= 0.6 is 0 Å².